The van der Waals surface area contributed by atoms with Gasteiger partial charge in [0.05, 0.1) is 0 Å². The van der Waals surface area contributed by atoms with Gasteiger partial charge in [0.15, 0.2) is 0 Å². The zero-order chi connectivity index (χ0) is 12.7. The van der Waals surface area contributed by atoms with Crippen LogP contribution in [0.25, 0.3) is 10.9 Å². The molecule has 18 heavy (non-hydrogen) atoms. The Bertz CT molecular complexity index is 576. The topological polar surface area (TPSA) is 74.1 Å². The second kappa shape index (κ2) is 4.30. The van der Waals surface area contributed by atoms with Gasteiger partial charge in [0, 0.05) is 28.2 Å². The van der Waals surface area contributed by atoms with Crippen molar-refractivity contribution < 1.29 is 5.11 Å². The summed E-state index contributed by atoms with van der Waals surface area (Å²) in [6.07, 6.45) is 1.10. The smallest absolute Gasteiger partial charge is 0.125 e. The molecule has 2 aromatic rings. The number of benzene rings is 1. The predicted molar refractivity (Wildman–Crippen MR) is 72.6 cm³/mol. The van der Waals surface area contributed by atoms with Crippen LogP contribution in [0.15, 0.2) is 18.2 Å². The number of rotatable bonds is 2. The van der Waals surface area contributed by atoms with Crippen LogP contribution in [-0.2, 0) is 0 Å². The first-order valence-corrected chi connectivity index (χ1v) is 6.46. The van der Waals surface area contributed by atoms with Gasteiger partial charge in [-0.25, -0.2) is 0 Å². The van der Waals surface area contributed by atoms with E-state index in [4.69, 9.17) is 5.73 Å². The molecule has 1 fully saturated rings. The highest BCUT2D eigenvalue weighted by Gasteiger charge is 2.31. The first kappa shape index (κ1) is 11.6. The van der Waals surface area contributed by atoms with Gasteiger partial charge in [-0.05, 0) is 44.5 Å². The third-order valence-corrected chi connectivity index (χ3v) is 4.00. The number of phenolic OH excluding ortho intramolecular Hbond substituents is 1. The van der Waals surface area contributed by atoms with Crippen LogP contribution < -0.4 is 11.1 Å². The van der Waals surface area contributed by atoms with E-state index in [1.807, 2.05) is 12.1 Å². The van der Waals surface area contributed by atoms with Gasteiger partial charge < -0.3 is 21.1 Å². The van der Waals surface area contributed by atoms with Crippen LogP contribution in [0.2, 0.25) is 0 Å². The van der Waals surface area contributed by atoms with E-state index in [9.17, 15) is 5.11 Å². The summed E-state index contributed by atoms with van der Waals surface area (Å²) in [6, 6.07) is 5.85. The first-order valence-electron chi connectivity index (χ1n) is 6.46. The van der Waals surface area contributed by atoms with Crippen molar-refractivity contribution >= 4 is 10.9 Å². The molecule has 0 spiro atoms. The molecule has 2 atom stereocenters. The van der Waals surface area contributed by atoms with Crippen molar-refractivity contribution in [3.8, 4) is 5.75 Å². The summed E-state index contributed by atoms with van der Waals surface area (Å²) >= 11 is 0. The monoisotopic (exact) mass is 245 g/mol. The van der Waals surface area contributed by atoms with Crippen molar-refractivity contribution in [1.29, 1.82) is 0 Å². The maximum Gasteiger partial charge on any atom is 0.125 e. The summed E-state index contributed by atoms with van der Waals surface area (Å²) in [4.78, 5) is 3.35. The van der Waals surface area contributed by atoms with Crippen LogP contribution in [0, 0.1) is 12.8 Å². The molecular weight excluding hydrogens is 226 g/mol. The number of aromatic hydroxyl groups is 1. The van der Waals surface area contributed by atoms with Gasteiger partial charge in [0.25, 0.3) is 0 Å². The quantitative estimate of drug-likeness (QED) is 0.651. The maximum atomic E-state index is 10.1. The molecule has 1 aromatic carbocycles. The minimum atomic E-state index is 0.247. The third-order valence-electron chi connectivity index (χ3n) is 4.00. The minimum absolute atomic E-state index is 0.247. The van der Waals surface area contributed by atoms with E-state index in [0.29, 0.717) is 18.2 Å². The number of hydrogen-bond donors (Lipinski definition) is 4. The molecule has 0 amide bonds. The molecule has 0 bridgehead atoms. The average molecular weight is 245 g/mol. The molecule has 2 unspecified atom stereocenters. The molecule has 1 saturated heterocycles. The second-order valence-electron chi connectivity index (χ2n) is 5.08. The van der Waals surface area contributed by atoms with Gasteiger partial charge in [-0.15, -0.1) is 0 Å². The van der Waals surface area contributed by atoms with Crippen molar-refractivity contribution in [2.24, 2.45) is 11.7 Å². The van der Waals surface area contributed by atoms with Crippen molar-refractivity contribution in [2.45, 2.75) is 19.4 Å². The first-order chi connectivity index (χ1) is 8.72. The van der Waals surface area contributed by atoms with Crippen molar-refractivity contribution in [3.63, 3.8) is 0 Å². The van der Waals surface area contributed by atoms with Gasteiger partial charge in [-0.2, -0.15) is 0 Å². The standard InChI is InChI=1S/C14H19N3O/c1-8-12(14-9(7-15)5-6-16-14)13-10(17-8)3-2-4-11(13)18/h2-4,9,14,16-18H,5-7,15H2,1H3. The summed E-state index contributed by atoms with van der Waals surface area (Å²) in [5.74, 6) is 0.790. The summed E-state index contributed by atoms with van der Waals surface area (Å²) in [5, 5.41) is 14.6. The number of phenols is 1. The molecule has 96 valence electrons. The largest absolute Gasteiger partial charge is 0.507 e. The van der Waals surface area contributed by atoms with E-state index in [1.165, 1.54) is 5.56 Å². The minimum Gasteiger partial charge on any atom is -0.507 e. The number of nitrogens with two attached hydrogens (primary N) is 1. The van der Waals surface area contributed by atoms with Crippen molar-refractivity contribution in [3.05, 3.63) is 29.5 Å². The second-order valence-corrected chi connectivity index (χ2v) is 5.08. The Morgan fingerprint density at radius 2 is 2.28 bits per heavy atom. The zero-order valence-electron chi connectivity index (χ0n) is 10.5. The molecule has 2 heterocycles. The molecule has 0 radical (unpaired) electrons. The van der Waals surface area contributed by atoms with E-state index < -0.39 is 0 Å². The lowest BCUT2D eigenvalue weighted by Gasteiger charge is -2.19. The highest BCUT2D eigenvalue weighted by molar-refractivity contribution is 5.90. The average Bonchev–Trinajstić information content (AvgIpc) is 2.92. The number of aryl methyl sites for hydroxylation is 1. The molecular formula is C14H19N3O. The molecule has 5 N–H and O–H groups in total. The molecule has 4 nitrogen and oxygen atoms in total. The Morgan fingerprint density at radius 1 is 1.44 bits per heavy atom. The van der Waals surface area contributed by atoms with Crippen LogP contribution in [0.3, 0.4) is 0 Å². The van der Waals surface area contributed by atoms with Crippen LogP contribution in [-0.4, -0.2) is 23.2 Å². The molecule has 3 rings (SSSR count). The van der Waals surface area contributed by atoms with Crippen LogP contribution in [0.4, 0.5) is 0 Å². The third kappa shape index (κ3) is 1.61. The van der Waals surface area contributed by atoms with E-state index in [0.717, 1.165) is 29.6 Å². The number of H-pyrrole nitrogens is 1. The number of aromatic amines is 1. The predicted octanol–water partition coefficient (Wildman–Crippen LogP) is 1.79. The molecule has 1 aliphatic rings. The molecule has 1 aliphatic heterocycles. The zero-order valence-corrected chi connectivity index (χ0v) is 10.5. The lowest BCUT2D eigenvalue weighted by Crippen LogP contribution is -2.23. The summed E-state index contributed by atoms with van der Waals surface area (Å²) in [6.45, 7) is 3.73. The number of fused-ring (bicyclic) bond motifs is 1. The van der Waals surface area contributed by atoms with Crippen LogP contribution >= 0.6 is 0 Å². The Labute approximate surface area is 106 Å². The fourth-order valence-electron chi connectivity index (χ4n) is 3.12. The SMILES string of the molecule is Cc1[nH]c2cccc(O)c2c1C1NCCC1CN. The van der Waals surface area contributed by atoms with E-state index in [1.54, 1.807) is 6.07 Å². The highest BCUT2D eigenvalue weighted by Crippen LogP contribution is 2.39. The van der Waals surface area contributed by atoms with Gasteiger partial charge in [0.2, 0.25) is 0 Å². The fraction of sp³-hybridized carbons (Fsp3) is 0.429. The van der Waals surface area contributed by atoms with E-state index >= 15 is 0 Å². The Morgan fingerprint density at radius 3 is 3.06 bits per heavy atom. The Balaban J connectivity index is 2.19. The summed E-state index contributed by atoms with van der Waals surface area (Å²) in [7, 11) is 0. The number of aromatic nitrogens is 1. The van der Waals surface area contributed by atoms with E-state index in [2.05, 4.69) is 17.2 Å². The van der Waals surface area contributed by atoms with Crippen LogP contribution in [0.1, 0.15) is 23.7 Å². The van der Waals surface area contributed by atoms with Gasteiger partial charge in [0.1, 0.15) is 5.75 Å². The van der Waals surface area contributed by atoms with Gasteiger partial charge in [-0.3, -0.25) is 0 Å². The molecule has 0 aliphatic carbocycles. The van der Waals surface area contributed by atoms with Crippen molar-refractivity contribution in [2.75, 3.05) is 13.1 Å². The molecule has 4 heteroatoms. The number of hydrogen-bond acceptors (Lipinski definition) is 3. The lowest BCUT2D eigenvalue weighted by molar-refractivity contribution is 0.465. The summed E-state index contributed by atoms with van der Waals surface area (Å²) in [5.41, 5.74) is 9.13. The lowest BCUT2D eigenvalue weighted by atomic mass is 9.92. The van der Waals surface area contributed by atoms with E-state index in [-0.39, 0.29) is 6.04 Å². The fourth-order valence-corrected chi connectivity index (χ4v) is 3.12. The maximum absolute atomic E-state index is 10.1. The molecule has 1 aromatic heterocycles. The number of nitrogens with one attached hydrogen (secondary N) is 2. The Kier molecular flexibility index (Phi) is 2.76. The summed E-state index contributed by atoms with van der Waals surface area (Å²) < 4.78 is 0. The van der Waals surface area contributed by atoms with Crippen LogP contribution in [0.5, 0.6) is 5.75 Å². The Hall–Kier alpha value is -1.52. The van der Waals surface area contributed by atoms with Gasteiger partial charge in [-0.1, -0.05) is 6.07 Å². The van der Waals surface area contributed by atoms with Gasteiger partial charge >= 0.3 is 0 Å². The normalized spacial score (nSPS) is 23.9. The molecule has 0 saturated carbocycles. The highest BCUT2D eigenvalue weighted by atomic mass is 16.3. The van der Waals surface area contributed by atoms with Crippen molar-refractivity contribution in [1.82, 2.24) is 10.3 Å².